The summed E-state index contributed by atoms with van der Waals surface area (Å²) in [5, 5.41) is 9.82. The Morgan fingerprint density at radius 1 is 1.00 bits per heavy atom. The molecule has 1 aromatic carbocycles. The maximum absolute atomic E-state index is 12.9. The van der Waals surface area contributed by atoms with E-state index >= 15 is 0 Å². The standard InChI is InChI=1S/C15H9Cl2F6NO2/c16-13(17,15(21,22)23)11(25)8-3-1-4-9(7-8)26-12-10(14(18,19)20)5-2-6-24-12/h1-7,11,25H. The predicted molar refractivity (Wildman–Crippen MR) is 81.2 cm³/mol. The molecule has 0 radical (unpaired) electrons. The van der Waals surface area contributed by atoms with Crippen LogP contribution in [0.3, 0.4) is 0 Å². The van der Waals surface area contributed by atoms with Gasteiger partial charge >= 0.3 is 12.4 Å². The van der Waals surface area contributed by atoms with Gasteiger partial charge < -0.3 is 9.84 Å². The molecule has 1 atom stereocenters. The summed E-state index contributed by atoms with van der Waals surface area (Å²) in [7, 11) is 0. The van der Waals surface area contributed by atoms with E-state index in [1.807, 2.05) is 0 Å². The second kappa shape index (κ2) is 7.13. The number of aliphatic hydroxyl groups is 1. The lowest BCUT2D eigenvalue weighted by atomic mass is 10.1. The Morgan fingerprint density at radius 3 is 2.23 bits per heavy atom. The lowest BCUT2D eigenvalue weighted by Crippen LogP contribution is -2.40. The molecule has 0 bridgehead atoms. The average Bonchev–Trinajstić information content (AvgIpc) is 2.53. The number of hydrogen-bond acceptors (Lipinski definition) is 3. The van der Waals surface area contributed by atoms with Gasteiger partial charge in [-0.3, -0.25) is 0 Å². The van der Waals surface area contributed by atoms with Gasteiger partial charge in [-0.1, -0.05) is 35.3 Å². The van der Waals surface area contributed by atoms with Crippen molar-refractivity contribution in [2.24, 2.45) is 0 Å². The van der Waals surface area contributed by atoms with E-state index in [-0.39, 0.29) is 5.75 Å². The minimum absolute atomic E-state index is 0.294. The maximum atomic E-state index is 12.9. The molecular formula is C15H9Cl2F6NO2. The van der Waals surface area contributed by atoms with Crippen molar-refractivity contribution in [3.63, 3.8) is 0 Å². The number of pyridine rings is 1. The van der Waals surface area contributed by atoms with Crippen LogP contribution in [-0.2, 0) is 6.18 Å². The number of benzene rings is 1. The van der Waals surface area contributed by atoms with E-state index in [4.69, 9.17) is 27.9 Å². The largest absolute Gasteiger partial charge is 0.438 e. The number of alkyl halides is 8. The molecule has 0 aliphatic carbocycles. The lowest BCUT2D eigenvalue weighted by molar-refractivity contribution is -0.162. The van der Waals surface area contributed by atoms with Gasteiger partial charge in [-0.25, -0.2) is 4.98 Å². The minimum Gasteiger partial charge on any atom is -0.438 e. The minimum atomic E-state index is -5.16. The van der Waals surface area contributed by atoms with Gasteiger partial charge in [0.15, 0.2) is 0 Å². The van der Waals surface area contributed by atoms with Crippen molar-refractivity contribution in [2.45, 2.75) is 22.8 Å². The number of rotatable bonds is 4. The van der Waals surface area contributed by atoms with Crippen LogP contribution in [0.25, 0.3) is 0 Å². The highest BCUT2D eigenvalue weighted by atomic mass is 35.5. The molecule has 26 heavy (non-hydrogen) atoms. The molecule has 0 spiro atoms. The van der Waals surface area contributed by atoms with E-state index in [0.29, 0.717) is 0 Å². The number of hydrogen-bond donors (Lipinski definition) is 1. The van der Waals surface area contributed by atoms with Crippen LogP contribution in [0.4, 0.5) is 26.3 Å². The van der Waals surface area contributed by atoms with Gasteiger partial charge in [-0.2, -0.15) is 26.3 Å². The van der Waals surface area contributed by atoms with Gasteiger partial charge in [-0.05, 0) is 29.8 Å². The monoisotopic (exact) mass is 419 g/mol. The van der Waals surface area contributed by atoms with Crippen LogP contribution in [-0.4, -0.2) is 20.6 Å². The molecule has 0 fully saturated rings. The van der Waals surface area contributed by atoms with Crippen LogP contribution < -0.4 is 4.74 Å². The second-order valence-electron chi connectivity index (χ2n) is 5.05. The van der Waals surface area contributed by atoms with Crippen molar-refractivity contribution in [2.75, 3.05) is 0 Å². The Morgan fingerprint density at radius 2 is 1.65 bits per heavy atom. The van der Waals surface area contributed by atoms with E-state index in [2.05, 4.69) is 4.98 Å². The molecule has 0 saturated carbocycles. The lowest BCUT2D eigenvalue weighted by Gasteiger charge is -2.28. The molecule has 142 valence electrons. The first-order valence-electron chi connectivity index (χ1n) is 6.76. The molecule has 0 saturated heterocycles. The van der Waals surface area contributed by atoms with E-state index in [1.54, 1.807) is 0 Å². The summed E-state index contributed by atoms with van der Waals surface area (Å²) in [6, 6.07) is 6.05. The smallest absolute Gasteiger partial charge is 0.424 e. The Kier molecular flexibility index (Phi) is 5.65. The normalized spacial score (nSPS) is 14.2. The Bertz CT molecular complexity index is 779. The third kappa shape index (κ3) is 4.33. The highest BCUT2D eigenvalue weighted by Crippen LogP contribution is 2.48. The van der Waals surface area contributed by atoms with Crippen LogP contribution in [0.1, 0.15) is 17.2 Å². The zero-order valence-corrected chi connectivity index (χ0v) is 14.0. The summed E-state index contributed by atoms with van der Waals surface area (Å²) in [5.74, 6) is -1.09. The molecule has 1 heterocycles. The molecule has 3 nitrogen and oxygen atoms in total. The fraction of sp³-hybridized carbons (Fsp3) is 0.267. The molecular weight excluding hydrogens is 411 g/mol. The molecule has 2 aromatic rings. The molecule has 2 rings (SSSR count). The maximum Gasteiger partial charge on any atom is 0.424 e. The summed E-state index contributed by atoms with van der Waals surface area (Å²) in [4.78, 5) is 3.47. The summed E-state index contributed by atoms with van der Waals surface area (Å²) < 4.78 is 78.7. The van der Waals surface area contributed by atoms with Crippen molar-refractivity contribution in [1.82, 2.24) is 4.98 Å². The van der Waals surface area contributed by atoms with Gasteiger partial charge in [0.25, 0.3) is 0 Å². The summed E-state index contributed by atoms with van der Waals surface area (Å²) >= 11 is 10.4. The first-order chi connectivity index (χ1) is 11.8. The van der Waals surface area contributed by atoms with Gasteiger partial charge in [0.05, 0.1) is 0 Å². The van der Waals surface area contributed by atoms with Crippen molar-refractivity contribution >= 4 is 23.2 Å². The van der Waals surface area contributed by atoms with Crippen LogP contribution >= 0.6 is 23.2 Å². The third-order valence-corrected chi connectivity index (χ3v) is 4.03. The summed E-state index contributed by atoms with van der Waals surface area (Å²) in [6.07, 6.45) is -11.3. The highest BCUT2D eigenvalue weighted by molar-refractivity contribution is 6.49. The Labute approximate surface area is 153 Å². The molecule has 11 heteroatoms. The summed E-state index contributed by atoms with van der Waals surface area (Å²) in [5.41, 5.74) is -1.58. The number of aliphatic hydroxyl groups excluding tert-OH is 1. The zero-order valence-electron chi connectivity index (χ0n) is 12.4. The molecule has 1 unspecified atom stereocenters. The SMILES string of the molecule is OC(c1cccc(Oc2ncccc2C(F)(F)F)c1)C(Cl)(Cl)C(F)(F)F. The number of halogens is 8. The number of nitrogens with zero attached hydrogens (tertiary/aromatic N) is 1. The number of aromatic nitrogens is 1. The van der Waals surface area contributed by atoms with E-state index < -0.39 is 39.8 Å². The molecule has 1 aromatic heterocycles. The van der Waals surface area contributed by atoms with Gasteiger partial charge in [0.2, 0.25) is 10.2 Å². The van der Waals surface area contributed by atoms with Gasteiger partial charge in [0.1, 0.15) is 17.4 Å². The summed E-state index contributed by atoms with van der Waals surface area (Å²) in [6.45, 7) is 0. The molecule has 0 amide bonds. The van der Waals surface area contributed by atoms with Crippen LogP contribution in [0, 0.1) is 0 Å². The highest BCUT2D eigenvalue weighted by Gasteiger charge is 2.58. The second-order valence-corrected chi connectivity index (χ2v) is 6.44. The van der Waals surface area contributed by atoms with E-state index in [0.717, 1.165) is 36.5 Å². The quantitative estimate of drug-likeness (QED) is 0.513. The van der Waals surface area contributed by atoms with Crippen molar-refractivity contribution in [3.8, 4) is 11.6 Å². The third-order valence-electron chi connectivity index (χ3n) is 3.19. The first kappa shape index (κ1) is 20.6. The zero-order chi connectivity index (χ0) is 19.8. The van der Waals surface area contributed by atoms with Crippen LogP contribution in [0.15, 0.2) is 42.6 Å². The van der Waals surface area contributed by atoms with Crippen molar-refractivity contribution in [1.29, 1.82) is 0 Å². The van der Waals surface area contributed by atoms with Crippen LogP contribution in [0.2, 0.25) is 0 Å². The van der Waals surface area contributed by atoms with Gasteiger partial charge in [0, 0.05) is 6.20 Å². The number of ether oxygens (including phenoxy) is 1. The van der Waals surface area contributed by atoms with E-state index in [9.17, 15) is 31.4 Å². The van der Waals surface area contributed by atoms with Crippen molar-refractivity contribution < 1.29 is 36.2 Å². The Hall–Kier alpha value is -1.71. The van der Waals surface area contributed by atoms with Crippen LogP contribution in [0.5, 0.6) is 11.6 Å². The fourth-order valence-electron chi connectivity index (χ4n) is 1.91. The molecule has 0 aliphatic rings. The molecule has 1 N–H and O–H groups in total. The van der Waals surface area contributed by atoms with Crippen molar-refractivity contribution in [3.05, 3.63) is 53.7 Å². The topological polar surface area (TPSA) is 42.4 Å². The predicted octanol–water partition coefficient (Wildman–Crippen LogP) is 5.66. The van der Waals surface area contributed by atoms with Gasteiger partial charge in [-0.15, -0.1) is 0 Å². The Balaban J connectivity index is 2.35. The van der Waals surface area contributed by atoms with E-state index in [1.165, 1.54) is 6.07 Å². The first-order valence-corrected chi connectivity index (χ1v) is 7.52. The average molecular weight is 420 g/mol. The fourth-order valence-corrected chi connectivity index (χ4v) is 2.16. The molecule has 0 aliphatic heterocycles.